The molecule has 0 spiro atoms. The number of carbonyl (C=O) groups excluding carboxylic acids is 2. The largest absolute Gasteiger partial charge is 0.460 e. The summed E-state index contributed by atoms with van der Waals surface area (Å²) in [5, 5.41) is 0.653. The van der Waals surface area contributed by atoms with Crippen LogP contribution in [-0.2, 0) is 19.1 Å². The number of amides is 1. The molecule has 1 amide bonds. The topological polar surface area (TPSA) is 68.2 Å². The van der Waals surface area contributed by atoms with Crippen LogP contribution in [0.15, 0.2) is 40.5 Å². The molecule has 0 radical (unpaired) electrons. The third-order valence-corrected chi connectivity index (χ3v) is 5.82. The van der Waals surface area contributed by atoms with E-state index in [1.54, 1.807) is 30.7 Å². The van der Waals surface area contributed by atoms with Crippen LogP contribution in [0.3, 0.4) is 0 Å². The van der Waals surface area contributed by atoms with E-state index in [1.165, 1.54) is 5.56 Å². The van der Waals surface area contributed by atoms with E-state index in [0.717, 1.165) is 5.56 Å². The van der Waals surface area contributed by atoms with Gasteiger partial charge in [0, 0.05) is 19.3 Å². The Labute approximate surface area is 170 Å². The fraction of sp³-hybridized carbons (Fsp3) is 0.476. The molecule has 1 atom stereocenters. The van der Waals surface area contributed by atoms with Crippen molar-refractivity contribution in [1.82, 2.24) is 4.90 Å². The van der Waals surface area contributed by atoms with Gasteiger partial charge in [-0.05, 0) is 24.0 Å². The van der Waals surface area contributed by atoms with Crippen LogP contribution >= 0.6 is 11.8 Å². The summed E-state index contributed by atoms with van der Waals surface area (Å²) < 4.78 is 10.4. The highest BCUT2D eigenvalue weighted by Crippen LogP contribution is 2.40. The van der Waals surface area contributed by atoms with Crippen LogP contribution in [0.4, 0.5) is 0 Å². The quantitative estimate of drug-likeness (QED) is 0.537. The van der Waals surface area contributed by atoms with Crippen molar-refractivity contribution in [2.24, 2.45) is 4.99 Å². The van der Waals surface area contributed by atoms with Gasteiger partial charge >= 0.3 is 5.97 Å². The number of hydrogen-bond donors (Lipinski definition) is 0. The first-order chi connectivity index (χ1) is 13.4. The molecule has 6 nitrogen and oxygen atoms in total. The molecule has 0 unspecified atom stereocenters. The summed E-state index contributed by atoms with van der Waals surface area (Å²) in [5.74, 6) is 0.623. The van der Waals surface area contributed by atoms with Gasteiger partial charge in [-0.15, -0.1) is 0 Å². The van der Waals surface area contributed by atoms with Gasteiger partial charge in [-0.1, -0.05) is 49.9 Å². The first kappa shape index (κ1) is 20.6. The van der Waals surface area contributed by atoms with Gasteiger partial charge in [-0.25, -0.2) is 9.79 Å². The molecule has 1 aromatic rings. The predicted octanol–water partition coefficient (Wildman–Crippen LogP) is 3.65. The fourth-order valence-electron chi connectivity index (χ4n) is 3.33. The zero-order valence-corrected chi connectivity index (χ0v) is 17.5. The Kier molecular flexibility index (Phi) is 6.57. The van der Waals surface area contributed by atoms with Gasteiger partial charge < -0.3 is 9.47 Å². The highest BCUT2D eigenvalue weighted by atomic mass is 32.2. The molecule has 1 saturated heterocycles. The maximum absolute atomic E-state index is 12.9. The van der Waals surface area contributed by atoms with E-state index in [2.05, 4.69) is 31.0 Å². The summed E-state index contributed by atoms with van der Waals surface area (Å²) >= 11 is 1.55. The molecule has 7 heteroatoms. The van der Waals surface area contributed by atoms with E-state index in [0.29, 0.717) is 41.1 Å². The number of fused-ring (bicyclic) bond motifs is 1. The lowest BCUT2D eigenvalue weighted by Crippen LogP contribution is -2.45. The highest BCUT2D eigenvalue weighted by molar-refractivity contribution is 8.14. The normalized spacial score (nSPS) is 19.6. The van der Waals surface area contributed by atoms with Crippen LogP contribution in [0.5, 0.6) is 0 Å². The summed E-state index contributed by atoms with van der Waals surface area (Å²) in [6.45, 7) is 6.54. The lowest BCUT2D eigenvalue weighted by Gasteiger charge is -2.39. The average molecular weight is 403 g/mol. The molecule has 0 N–H and O–H groups in total. The second kappa shape index (κ2) is 8.92. The zero-order valence-electron chi connectivity index (χ0n) is 16.7. The van der Waals surface area contributed by atoms with E-state index in [-0.39, 0.29) is 12.5 Å². The van der Waals surface area contributed by atoms with E-state index >= 15 is 0 Å². The summed E-state index contributed by atoms with van der Waals surface area (Å²) in [5.41, 5.74) is 3.09. The van der Waals surface area contributed by atoms with E-state index in [1.807, 2.05) is 12.1 Å². The van der Waals surface area contributed by atoms with Crippen molar-refractivity contribution in [2.45, 2.75) is 39.2 Å². The summed E-state index contributed by atoms with van der Waals surface area (Å²) in [6.07, 6.45) is 0.426. The van der Waals surface area contributed by atoms with E-state index in [4.69, 9.17) is 9.47 Å². The first-order valence-electron chi connectivity index (χ1n) is 9.44. The maximum Gasteiger partial charge on any atom is 0.338 e. The van der Waals surface area contributed by atoms with Gasteiger partial charge in [0.1, 0.15) is 6.61 Å². The number of thioether (sulfide) groups is 1. The molecule has 2 aliphatic heterocycles. The van der Waals surface area contributed by atoms with Crippen LogP contribution in [0.2, 0.25) is 0 Å². The van der Waals surface area contributed by atoms with Crippen LogP contribution in [0, 0.1) is 0 Å². The number of esters is 1. The molecule has 2 aliphatic rings. The van der Waals surface area contributed by atoms with Crippen molar-refractivity contribution in [3.05, 3.63) is 46.7 Å². The first-order valence-corrected chi connectivity index (χ1v) is 10.4. The van der Waals surface area contributed by atoms with Crippen molar-refractivity contribution in [1.29, 1.82) is 0 Å². The number of amidine groups is 1. The molecule has 1 aromatic carbocycles. The van der Waals surface area contributed by atoms with Gasteiger partial charge in [0.25, 0.3) is 0 Å². The number of hydrogen-bond acceptors (Lipinski definition) is 6. The van der Waals surface area contributed by atoms with Crippen LogP contribution in [-0.4, -0.2) is 48.0 Å². The Morgan fingerprint density at radius 1 is 1.29 bits per heavy atom. The van der Waals surface area contributed by atoms with E-state index in [9.17, 15) is 9.59 Å². The summed E-state index contributed by atoms with van der Waals surface area (Å²) in [6, 6.07) is 7.56. The van der Waals surface area contributed by atoms with Crippen molar-refractivity contribution < 1.29 is 19.1 Å². The SMILES string of the molecule is COCCOC(=O)C1=C(C)N=C2SCCC(=O)N2[C@@H]1c1ccc(C(C)C)cc1. The van der Waals surface area contributed by atoms with Crippen molar-refractivity contribution in [3.63, 3.8) is 0 Å². The third kappa shape index (κ3) is 4.15. The molecule has 150 valence electrons. The van der Waals surface area contributed by atoms with Crippen molar-refractivity contribution >= 4 is 28.8 Å². The lowest BCUT2D eigenvalue weighted by atomic mass is 9.92. The number of nitrogens with zero attached hydrogens (tertiary/aromatic N) is 2. The number of aliphatic imine (C=N–C) groups is 1. The second-order valence-corrected chi connectivity index (χ2v) is 8.17. The van der Waals surface area contributed by atoms with Crippen LogP contribution in [0.1, 0.15) is 50.3 Å². The minimum absolute atomic E-state index is 0.0230. The lowest BCUT2D eigenvalue weighted by molar-refractivity contribution is -0.141. The molecule has 0 saturated carbocycles. The molecule has 28 heavy (non-hydrogen) atoms. The van der Waals surface area contributed by atoms with Crippen LogP contribution < -0.4 is 0 Å². The Morgan fingerprint density at radius 3 is 2.64 bits per heavy atom. The summed E-state index contributed by atoms with van der Waals surface area (Å²) in [4.78, 5) is 31.8. The average Bonchev–Trinajstić information content (AvgIpc) is 2.67. The standard InChI is InChI=1S/C21H26N2O4S/c1-13(2)15-5-7-16(8-6-15)19-18(20(25)27-11-10-26-4)14(3)22-21-23(19)17(24)9-12-28-21/h5-8,13,19H,9-12H2,1-4H3/t19-/m1/s1. The monoisotopic (exact) mass is 402 g/mol. The van der Waals surface area contributed by atoms with Gasteiger partial charge in [0.05, 0.1) is 23.9 Å². The number of carbonyl (C=O) groups is 2. The molecular formula is C21H26N2O4S. The molecule has 0 aromatic heterocycles. The zero-order chi connectivity index (χ0) is 20.3. The maximum atomic E-state index is 12.9. The minimum Gasteiger partial charge on any atom is -0.460 e. The number of allylic oxidation sites excluding steroid dienone is 1. The third-order valence-electron chi connectivity index (χ3n) is 4.87. The smallest absolute Gasteiger partial charge is 0.338 e. The van der Waals surface area contributed by atoms with Crippen LogP contribution in [0.25, 0.3) is 0 Å². The highest BCUT2D eigenvalue weighted by Gasteiger charge is 2.41. The molecular weight excluding hydrogens is 376 g/mol. The van der Waals surface area contributed by atoms with Gasteiger partial charge in [-0.3, -0.25) is 9.69 Å². The summed E-state index contributed by atoms with van der Waals surface area (Å²) in [7, 11) is 1.55. The Balaban J connectivity index is 2.03. The Morgan fingerprint density at radius 2 is 2.00 bits per heavy atom. The Bertz CT molecular complexity index is 814. The van der Waals surface area contributed by atoms with Crippen molar-refractivity contribution in [2.75, 3.05) is 26.1 Å². The minimum atomic E-state index is -0.524. The van der Waals surface area contributed by atoms with Crippen molar-refractivity contribution in [3.8, 4) is 0 Å². The Hall–Kier alpha value is -2.12. The molecule has 0 aliphatic carbocycles. The number of ether oxygens (including phenoxy) is 2. The van der Waals surface area contributed by atoms with Gasteiger partial charge in [0.2, 0.25) is 5.91 Å². The molecule has 3 rings (SSSR count). The molecule has 2 heterocycles. The fourth-order valence-corrected chi connectivity index (χ4v) is 4.34. The van der Waals surface area contributed by atoms with Gasteiger partial charge in [-0.2, -0.15) is 0 Å². The number of benzene rings is 1. The van der Waals surface area contributed by atoms with E-state index < -0.39 is 12.0 Å². The second-order valence-electron chi connectivity index (χ2n) is 7.11. The number of rotatable bonds is 6. The predicted molar refractivity (Wildman–Crippen MR) is 110 cm³/mol. The number of methoxy groups -OCH3 is 1. The molecule has 0 bridgehead atoms. The molecule has 1 fully saturated rings. The van der Waals surface area contributed by atoms with Gasteiger partial charge in [0.15, 0.2) is 5.17 Å².